The van der Waals surface area contributed by atoms with Crippen molar-refractivity contribution in [2.45, 2.75) is 6.42 Å². The van der Waals surface area contributed by atoms with Crippen LogP contribution in [-0.2, 0) is 4.79 Å². The van der Waals surface area contributed by atoms with Crippen LogP contribution in [0.15, 0.2) is 59.1 Å². The number of anilines is 1. The fraction of sp³-hybridized carbons (Fsp3) is 0.240. The van der Waals surface area contributed by atoms with E-state index >= 15 is 0 Å². The summed E-state index contributed by atoms with van der Waals surface area (Å²) in [5.74, 6) is 1.03. The van der Waals surface area contributed by atoms with Gasteiger partial charge in [-0.05, 0) is 56.4 Å². The van der Waals surface area contributed by atoms with Gasteiger partial charge < -0.3 is 19.5 Å². The summed E-state index contributed by atoms with van der Waals surface area (Å²) in [5.41, 5.74) is 3.45. The van der Waals surface area contributed by atoms with E-state index in [1.165, 1.54) is 0 Å². The summed E-state index contributed by atoms with van der Waals surface area (Å²) in [4.78, 5) is 33.6. The molecule has 1 saturated heterocycles. The lowest BCUT2D eigenvalue weighted by molar-refractivity contribution is -0.110. The zero-order valence-corrected chi connectivity index (χ0v) is 17.9. The number of amides is 2. The van der Waals surface area contributed by atoms with Gasteiger partial charge in [-0.15, -0.1) is 0 Å². The topological polar surface area (TPSA) is 78.7 Å². The van der Waals surface area contributed by atoms with Crippen LogP contribution >= 0.6 is 0 Å². The number of fused-ring (bicyclic) bond motifs is 1. The molecule has 162 valence electrons. The quantitative estimate of drug-likeness (QED) is 0.645. The minimum Gasteiger partial charge on any atom is -0.457 e. The number of pyridine rings is 1. The molecule has 0 radical (unpaired) electrons. The Hall–Kier alpha value is -3.71. The molecule has 5 rings (SSSR count). The Kier molecular flexibility index (Phi) is 5.33. The van der Waals surface area contributed by atoms with E-state index in [0.29, 0.717) is 29.3 Å². The van der Waals surface area contributed by atoms with Crippen molar-refractivity contribution in [3.8, 4) is 11.3 Å². The summed E-state index contributed by atoms with van der Waals surface area (Å²) < 4.78 is 5.94. The lowest BCUT2D eigenvalue weighted by atomic mass is 10.1. The Morgan fingerprint density at radius 2 is 1.94 bits per heavy atom. The third-order valence-electron chi connectivity index (χ3n) is 5.90. The smallest absolute Gasteiger partial charge is 0.272 e. The summed E-state index contributed by atoms with van der Waals surface area (Å²) in [6, 6.07) is 14.8. The average Bonchev–Trinajstić information content (AvgIpc) is 3.33. The van der Waals surface area contributed by atoms with Gasteiger partial charge in [-0.2, -0.15) is 0 Å². The molecule has 0 aliphatic carbocycles. The Balaban J connectivity index is 1.33. The minimum atomic E-state index is -0.145. The van der Waals surface area contributed by atoms with Crippen molar-refractivity contribution >= 4 is 29.2 Å². The van der Waals surface area contributed by atoms with Crippen molar-refractivity contribution in [2.75, 3.05) is 38.5 Å². The number of carbonyl (C=O) groups is 2. The Labute approximate surface area is 186 Å². The van der Waals surface area contributed by atoms with E-state index in [2.05, 4.69) is 22.2 Å². The van der Waals surface area contributed by atoms with Crippen LogP contribution in [-0.4, -0.2) is 59.8 Å². The molecule has 1 aromatic carbocycles. The molecule has 3 aromatic rings. The maximum atomic E-state index is 12.8. The molecule has 0 unspecified atom stereocenters. The predicted octanol–water partition coefficient (Wildman–Crippen LogP) is 3.61. The molecule has 0 atom stereocenters. The van der Waals surface area contributed by atoms with Gasteiger partial charge in [0.15, 0.2) is 0 Å². The van der Waals surface area contributed by atoms with Crippen LogP contribution in [0.1, 0.15) is 28.2 Å². The third kappa shape index (κ3) is 3.94. The number of hydrogen-bond acceptors (Lipinski definition) is 5. The van der Waals surface area contributed by atoms with E-state index in [-0.39, 0.29) is 11.8 Å². The van der Waals surface area contributed by atoms with Crippen LogP contribution in [0.5, 0.6) is 0 Å². The number of nitrogens with one attached hydrogen (secondary N) is 1. The van der Waals surface area contributed by atoms with Crippen LogP contribution in [0.4, 0.5) is 5.69 Å². The summed E-state index contributed by atoms with van der Waals surface area (Å²) >= 11 is 0. The van der Waals surface area contributed by atoms with Crippen LogP contribution < -0.4 is 5.32 Å². The fourth-order valence-corrected chi connectivity index (χ4v) is 4.09. The molecule has 4 heterocycles. The van der Waals surface area contributed by atoms with Crippen LogP contribution in [0.25, 0.3) is 23.0 Å². The van der Waals surface area contributed by atoms with E-state index in [1.807, 2.05) is 47.4 Å². The Morgan fingerprint density at radius 1 is 1.06 bits per heavy atom. The predicted molar refractivity (Wildman–Crippen MR) is 123 cm³/mol. The first-order valence-electron chi connectivity index (χ1n) is 10.7. The molecule has 2 aromatic heterocycles. The van der Waals surface area contributed by atoms with Crippen molar-refractivity contribution < 1.29 is 14.0 Å². The number of furan rings is 1. The second kappa shape index (κ2) is 8.43. The molecule has 2 amide bonds. The molecule has 1 fully saturated rings. The van der Waals surface area contributed by atoms with Crippen molar-refractivity contribution in [1.82, 2.24) is 14.8 Å². The van der Waals surface area contributed by atoms with Gasteiger partial charge >= 0.3 is 0 Å². The first kappa shape index (κ1) is 20.2. The van der Waals surface area contributed by atoms with Gasteiger partial charge in [0.25, 0.3) is 11.8 Å². The molecule has 0 saturated carbocycles. The summed E-state index contributed by atoms with van der Waals surface area (Å²) in [7, 11) is 2.08. The number of nitrogens with zero attached hydrogens (tertiary/aromatic N) is 3. The van der Waals surface area contributed by atoms with Gasteiger partial charge in [-0.25, -0.2) is 0 Å². The number of benzene rings is 1. The number of hydrogen-bond donors (Lipinski definition) is 1. The highest BCUT2D eigenvalue weighted by Gasteiger charge is 2.24. The monoisotopic (exact) mass is 428 g/mol. The third-order valence-corrected chi connectivity index (χ3v) is 5.90. The molecule has 2 aliphatic heterocycles. The molecule has 7 nitrogen and oxygen atoms in total. The van der Waals surface area contributed by atoms with Gasteiger partial charge in [0.05, 0.1) is 5.57 Å². The Morgan fingerprint density at radius 3 is 2.78 bits per heavy atom. The van der Waals surface area contributed by atoms with Crippen molar-refractivity contribution in [1.29, 1.82) is 0 Å². The molecule has 0 spiro atoms. The SMILES string of the molecule is CN1CCCN(C(=O)c2ccc(-c3ccc(C=C4C(=O)Nc5ccccc54)o3)cn2)CC1. The van der Waals surface area contributed by atoms with Gasteiger partial charge in [-0.3, -0.25) is 14.6 Å². The summed E-state index contributed by atoms with van der Waals surface area (Å²) in [5, 5.41) is 2.86. The first-order chi connectivity index (χ1) is 15.6. The second-order valence-electron chi connectivity index (χ2n) is 8.14. The van der Waals surface area contributed by atoms with Gasteiger partial charge in [0.1, 0.15) is 17.2 Å². The number of para-hydroxylation sites is 1. The number of likely N-dealkylation sites (N-methyl/N-ethyl adjacent to an activating group) is 1. The summed E-state index contributed by atoms with van der Waals surface area (Å²) in [6.07, 6.45) is 4.37. The summed E-state index contributed by atoms with van der Waals surface area (Å²) in [6.45, 7) is 3.34. The minimum absolute atomic E-state index is 0.0392. The highest BCUT2D eigenvalue weighted by atomic mass is 16.3. The highest BCUT2D eigenvalue weighted by molar-refractivity contribution is 6.34. The Bertz CT molecular complexity index is 1200. The van der Waals surface area contributed by atoms with Crippen LogP contribution in [0.3, 0.4) is 0 Å². The maximum Gasteiger partial charge on any atom is 0.272 e. The average molecular weight is 428 g/mol. The molecule has 1 N–H and O–H groups in total. The van der Waals surface area contributed by atoms with Crippen LogP contribution in [0, 0.1) is 0 Å². The molecular formula is C25H24N4O3. The van der Waals surface area contributed by atoms with Crippen molar-refractivity contribution in [3.63, 3.8) is 0 Å². The zero-order valence-electron chi connectivity index (χ0n) is 17.9. The zero-order chi connectivity index (χ0) is 22.1. The molecule has 0 bridgehead atoms. The number of carbonyl (C=O) groups excluding carboxylic acids is 2. The van der Waals surface area contributed by atoms with E-state index in [4.69, 9.17) is 4.42 Å². The standard InChI is InChI=1S/C25H24N4O3/c1-28-11-4-12-29(14-13-28)25(31)22-9-7-17(16-26-22)23-10-8-18(32-23)15-20-19-5-2-3-6-21(19)27-24(20)30/h2-3,5-10,15-16H,4,11-14H2,1H3,(H,27,30). The van der Waals surface area contributed by atoms with Gasteiger partial charge in [0.2, 0.25) is 0 Å². The molecular weight excluding hydrogens is 404 g/mol. The molecule has 2 aliphatic rings. The van der Waals surface area contributed by atoms with E-state index in [1.54, 1.807) is 18.3 Å². The van der Waals surface area contributed by atoms with E-state index in [0.717, 1.165) is 42.9 Å². The first-order valence-corrected chi connectivity index (χ1v) is 10.7. The van der Waals surface area contributed by atoms with E-state index < -0.39 is 0 Å². The van der Waals surface area contributed by atoms with Gasteiger partial charge in [0, 0.05) is 42.6 Å². The lowest BCUT2D eigenvalue weighted by Gasteiger charge is -2.20. The molecule has 32 heavy (non-hydrogen) atoms. The number of aromatic nitrogens is 1. The highest BCUT2D eigenvalue weighted by Crippen LogP contribution is 2.33. The normalized spacial score (nSPS) is 17.8. The maximum absolute atomic E-state index is 12.8. The fourth-order valence-electron chi connectivity index (χ4n) is 4.09. The molecule has 7 heteroatoms. The number of rotatable bonds is 3. The van der Waals surface area contributed by atoms with E-state index in [9.17, 15) is 9.59 Å². The van der Waals surface area contributed by atoms with Crippen LogP contribution in [0.2, 0.25) is 0 Å². The van der Waals surface area contributed by atoms with Crippen molar-refractivity contribution in [2.24, 2.45) is 0 Å². The van der Waals surface area contributed by atoms with Gasteiger partial charge in [-0.1, -0.05) is 18.2 Å². The lowest BCUT2D eigenvalue weighted by Crippen LogP contribution is -2.34. The second-order valence-corrected chi connectivity index (χ2v) is 8.14. The largest absolute Gasteiger partial charge is 0.457 e. The van der Waals surface area contributed by atoms with Crippen molar-refractivity contribution in [3.05, 3.63) is 71.7 Å².